The summed E-state index contributed by atoms with van der Waals surface area (Å²) in [6, 6.07) is 6.19. The molecule has 0 radical (unpaired) electrons. The lowest BCUT2D eigenvalue weighted by molar-refractivity contribution is 0.260. The second-order valence-corrected chi connectivity index (χ2v) is 6.52. The van der Waals surface area contributed by atoms with E-state index >= 15 is 0 Å². The molecule has 0 aromatic heterocycles. The molecule has 0 saturated carbocycles. The maximum absolute atomic E-state index is 9.64. The van der Waals surface area contributed by atoms with Crippen LogP contribution >= 0.6 is 0 Å². The van der Waals surface area contributed by atoms with Crippen LogP contribution in [0.4, 0.5) is 0 Å². The fourth-order valence-corrected chi connectivity index (χ4v) is 3.04. The number of nitrogens with zero attached hydrogens (tertiary/aromatic N) is 4. The third-order valence-electron chi connectivity index (χ3n) is 3.90. The lowest BCUT2D eigenvalue weighted by Crippen LogP contribution is -2.32. The smallest absolute Gasteiger partial charge is 0.134 e. The number of allylic oxidation sites excluding steroid dienone is 4. The van der Waals surface area contributed by atoms with Crippen molar-refractivity contribution in [3.05, 3.63) is 22.4 Å². The summed E-state index contributed by atoms with van der Waals surface area (Å²) in [4.78, 5) is 2.26. The minimum absolute atomic E-state index is 0.0519. The Hall–Kier alpha value is -2.25. The first-order valence-electron chi connectivity index (χ1n) is 7.86. The average molecular weight is 296 g/mol. The summed E-state index contributed by atoms with van der Waals surface area (Å²) in [5, 5.41) is 28.1. The molecule has 0 N–H and O–H groups in total. The van der Waals surface area contributed by atoms with E-state index in [4.69, 9.17) is 0 Å². The molecule has 116 valence electrons. The largest absolute Gasteiger partial charge is 0.374 e. The van der Waals surface area contributed by atoms with Gasteiger partial charge in [-0.25, -0.2) is 0 Å². The van der Waals surface area contributed by atoms with Crippen molar-refractivity contribution in [3.8, 4) is 18.2 Å². The number of rotatable bonds is 5. The van der Waals surface area contributed by atoms with E-state index in [1.165, 1.54) is 0 Å². The van der Waals surface area contributed by atoms with Gasteiger partial charge in [-0.1, -0.05) is 27.7 Å². The fourth-order valence-electron chi connectivity index (χ4n) is 3.04. The molecule has 0 bridgehead atoms. The molecule has 0 aliphatic heterocycles. The van der Waals surface area contributed by atoms with Crippen LogP contribution in [0.1, 0.15) is 53.4 Å². The van der Waals surface area contributed by atoms with E-state index in [1.54, 1.807) is 0 Å². The Balaban J connectivity index is 3.54. The molecule has 0 fully saturated rings. The molecule has 0 amide bonds. The third kappa shape index (κ3) is 3.90. The zero-order chi connectivity index (χ0) is 16.8. The molecule has 0 atom stereocenters. The van der Waals surface area contributed by atoms with Crippen LogP contribution in [0.2, 0.25) is 0 Å². The highest BCUT2D eigenvalue weighted by molar-refractivity contribution is 5.57. The van der Waals surface area contributed by atoms with Crippen LogP contribution < -0.4 is 0 Å². The van der Waals surface area contributed by atoms with Gasteiger partial charge in [0.15, 0.2) is 0 Å². The Bertz CT molecular complexity index is 580. The first-order chi connectivity index (χ1) is 10.4. The topological polar surface area (TPSA) is 74.6 Å². The predicted molar refractivity (Wildman–Crippen MR) is 86.1 cm³/mol. The molecule has 4 heteroatoms. The molecule has 0 aromatic rings. The summed E-state index contributed by atoms with van der Waals surface area (Å²) in [5.74, 6) is 0. The lowest BCUT2D eigenvalue weighted by atomic mass is 9.72. The quantitative estimate of drug-likeness (QED) is 0.717. The van der Waals surface area contributed by atoms with E-state index in [2.05, 4.69) is 38.7 Å². The second kappa shape index (κ2) is 7.67. The number of hydrogen-bond acceptors (Lipinski definition) is 4. The van der Waals surface area contributed by atoms with Crippen LogP contribution in [0.3, 0.4) is 0 Å². The predicted octanol–water partition coefficient (Wildman–Crippen LogP) is 4.05. The SMILES string of the molecule is CCCN(CCC)C1=C(C#N)C(=C(C#N)C#N)CC(C)(C)C1. The molecule has 4 nitrogen and oxygen atoms in total. The summed E-state index contributed by atoms with van der Waals surface area (Å²) < 4.78 is 0. The van der Waals surface area contributed by atoms with Gasteiger partial charge in [0.1, 0.15) is 23.8 Å². The van der Waals surface area contributed by atoms with Crippen molar-refractivity contribution in [2.45, 2.75) is 53.4 Å². The van der Waals surface area contributed by atoms with Crippen LogP contribution in [-0.2, 0) is 0 Å². The van der Waals surface area contributed by atoms with Gasteiger partial charge < -0.3 is 4.90 Å². The van der Waals surface area contributed by atoms with Gasteiger partial charge in [-0.3, -0.25) is 0 Å². The van der Waals surface area contributed by atoms with Crippen molar-refractivity contribution < 1.29 is 0 Å². The van der Waals surface area contributed by atoms with Crippen LogP contribution in [0.15, 0.2) is 22.4 Å². The molecule has 0 saturated heterocycles. The first kappa shape index (κ1) is 17.8. The van der Waals surface area contributed by atoms with Crippen molar-refractivity contribution in [3.63, 3.8) is 0 Å². The van der Waals surface area contributed by atoms with Gasteiger partial charge in [-0.05, 0) is 31.1 Å². The highest BCUT2D eigenvalue weighted by Gasteiger charge is 2.34. The molecule has 0 heterocycles. The maximum Gasteiger partial charge on any atom is 0.134 e. The van der Waals surface area contributed by atoms with Gasteiger partial charge in [0.05, 0.1) is 5.57 Å². The molecular weight excluding hydrogens is 272 g/mol. The van der Waals surface area contributed by atoms with E-state index in [-0.39, 0.29) is 11.0 Å². The molecule has 0 spiro atoms. The number of nitriles is 3. The van der Waals surface area contributed by atoms with Crippen molar-refractivity contribution >= 4 is 0 Å². The molecule has 0 aromatic carbocycles. The van der Waals surface area contributed by atoms with Crippen LogP contribution in [-0.4, -0.2) is 18.0 Å². The van der Waals surface area contributed by atoms with Crippen LogP contribution in [0.5, 0.6) is 0 Å². The summed E-state index contributed by atoms with van der Waals surface area (Å²) in [6.07, 6.45) is 3.42. The third-order valence-corrected chi connectivity index (χ3v) is 3.90. The van der Waals surface area contributed by atoms with Gasteiger partial charge >= 0.3 is 0 Å². The molecular formula is C18H24N4. The molecule has 1 aliphatic carbocycles. The van der Waals surface area contributed by atoms with E-state index in [0.29, 0.717) is 17.6 Å². The highest BCUT2D eigenvalue weighted by atomic mass is 15.1. The van der Waals surface area contributed by atoms with Crippen molar-refractivity contribution in [1.82, 2.24) is 4.90 Å². The maximum atomic E-state index is 9.64. The van der Waals surface area contributed by atoms with Gasteiger partial charge in [-0.15, -0.1) is 0 Å². The summed E-state index contributed by atoms with van der Waals surface area (Å²) >= 11 is 0. The molecule has 1 aliphatic rings. The van der Waals surface area contributed by atoms with E-state index in [9.17, 15) is 15.8 Å². The van der Waals surface area contributed by atoms with Crippen molar-refractivity contribution in [1.29, 1.82) is 15.8 Å². The Morgan fingerprint density at radius 1 is 1.05 bits per heavy atom. The van der Waals surface area contributed by atoms with Gasteiger partial charge in [0.2, 0.25) is 0 Å². The standard InChI is InChI=1S/C18H24N4/c1-5-7-22(8-6-2)17-10-18(3,4)9-15(16(17)13-21)14(11-19)12-20/h5-10H2,1-4H3. The van der Waals surface area contributed by atoms with Crippen LogP contribution in [0, 0.1) is 39.4 Å². The van der Waals surface area contributed by atoms with Crippen LogP contribution in [0.25, 0.3) is 0 Å². The minimum Gasteiger partial charge on any atom is -0.374 e. The summed E-state index contributed by atoms with van der Waals surface area (Å²) in [6.45, 7) is 10.3. The molecule has 1 rings (SSSR count). The van der Waals surface area contributed by atoms with Crippen molar-refractivity contribution in [2.24, 2.45) is 5.41 Å². The Morgan fingerprint density at radius 3 is 2.00 bits per heavy atom. The van der Waals surface area contributed by atoms with E-state index in [1.807, 2.05) is 12.1 Å². The van der Waals surface area contributed by atoms with Crippen molar-refractivity contribution in [2.75, 3.05) is 13.1 Å². The first-order valence-corrected chi connectivity index (χ1v) is 7.86. The Morgan fingerprint density at radius 2 is 1.59 bits per heavy atom. The summed E-state index contributed by atoms with van der Waals surface area (Å²) in [5.41, 5.74) is 2.19. The zero-order valence-corrected chi connectivity index (χ0v) is 14.0. The molecule has 22 heavy (non-hydrogen) atoms. The normalized spacial score (nSPS) is 16.5. The second-order valence-electron chi connectivity index (χ2n) is 6.52. The fraction of sp³-hybridized carbons (Fsp3) is 0.611. The van der Waals surface area contributed by atoms with E-state index < -0.39 is 0 Å². The van der Waals surface area contributed by atoms with Gasteiger partial charge in [0, 0.05) is 24.4 Å². The Kier molecular flexibility index (Phi) is 6.21. The van der Waals surface area contributed by atoms with Gasteiger partial charge in [0.25, 0.3) is 0 Å². The van der Waals surface area contributed by atoms with E-state index in [0.717, 1.165) is 38.0 Å². The zero-order valence-electron chi connectivity index (χ0n) is 14.0. The Labute approximate surface area is 133 Å². The average Bonchev–Trinajstić information content (AvgIpc) is 2.47. The molecule has 0 unspecified atom stereocenters. The lowest BCUT2D eigenvalue weighted by Gasteiger charge is -2.38. The summed E-state index contributed by atoms with van der Waals surface area (Å²) in [7, 11) is 0. The minimum atomic E-state index is -0.0519. The monoisotopic (exact) mass is 296 g/mol. The highest BCUT2D eigenvalue weighted by Crippen LogP contribution is 2.43. The number of hydrogen-bond donors (Lipinski definition) is 0. The van der Waals surface area contributed by atoms with Gasteiger partial charge in [-0.2, -0.15) is 15.8 Å².